The third kappa shape index (κ3) is 3.77. The van der Waals surface area contributed by atoms with Crippen LogP contribution >= 0.6 is 0 Å². The van der Waals surface area contributed by atoms with Gasteiger partial charge in [-0.05, 0) is 18.9 Å². The fraction of sp³-hybridized carbons (Fsp3) is 0.600. The number of nitrogens with one attached hydrogen (secondary N) is 1. The van der Waals surface area contributed by atoms with Gasteiger partial charge in [-0.15, -0.1) is 0 Å². The first-order valence-electron chi connectivity index (χ1n) is 7.44. The second kappa shape index (κ2) is 6.65. The molecule has 2 rings (SSSR count). The molecule has 0 spiro atoms. The molecule has 6 heteroatoms. The van der Waals surface area contributed by atoms with Crippen LogP contribution in [0.15, 0.2) is 12.3 Å². The van der Waals surface area contributed by atoms with E-state index in [0.29, 0.717) is 17.4 Å². The predicted molar refractivity (Wildman–Crippen MR) is 81.8 cm³/mol. The zero-order valence-electron chi connectivity index (χ0n) is 12.8. The first kappa shape index (κ1) is 15.4. The minimum atomic E-state index is -0.225. The zero-order chi connectivity index (χ0) is 15.4. The van der Waals surface area contributed by atoms with E-state index in [0.717, 1.165) is 12.8 Å². The SMILES string of the molecule is CN(CC(=O)N(C)C1CCCCC1)C(=O)c1cc(N)c[nH]1. The Morgan fingerprint density at radius 1 is 1.29 bits per heavy atom. The van der Waals surface area contributed by atoms with Gasteiger partial charge >= 0.3 is 0 Å². The molecule has 1 heterocycles. The molecule has 1 fully saturated rings. The Morgan fingerprint density at radius 3 is 2.52 bits per heavy atom. The molecule has 1 aliphatic carbocycles. The van der Waals surface area contributed by atoms with Gasteiger partial charge in [-0.2, -0.15) is 0 Å². The second-order valence-electron chi connectivity index (χ2n) is 5.80. The highest BCUT2D eigenvalue weighted by Gasteiger charge is 2.24. The van der Waals surface area contributed by atoms with Gasteiger partial charge in [0.1, 0.15) is 5.69 Å². The first-order chi connectivity index (χ1) is 9.99. The summed E-state index contributed by atoms with van der Waals surface area (Å²) in [7, 11) is 3.47. The van der Waals surface area contributed by atoms with Crippen LogP contribution in [-0.4, -0.2) is 53.3 Å². The fourth-order valence-electron chi connectivity index (χ4n) is 2.80. The number of hydrogen-bond acceptors (Lipinski definition) is 3. The molecule has 0 atom stereocenters. The van der Waals surface area contributed by atoms with Gasteiger partial charge in [0.05, 0.1) is 6.54 Å². The molecule has 1 saturated carbocycles. The maximum atomic E-state index is 12.3. The second-order valence-corrected chi connectivity index (χ2v) is 5.80. The lowest BCUT2D eigenvalue weighted by atomic mass is 9.94. The number of anilines is 1. The number of nitrogen functional groups attached to an aromatic ring is 1. The van der Waals surface area contributed by atoms with Crippen molar-refractivity contribution in [1.29, 1.82) is 0 Å². The molecule has 1 aliphatic rings. The number of aromatic amines is 1. The van der Waals surface area contributed by atoms with E-state index >= 15 is 0 Å². The van der Waals surface area contributed by atoms with E-state index in [-0.39, 0.29) is 18.4 Å². The molecule has 3 N–H and O–H groups in total. The van der Waals surface area contributed by atoms with Gasteiger partial charge in [-0.3, -0.25) is 9.59 Å². The van der Waals surface area contributed by atoms with Crippen molar-refractivity contribution in [3.63, 3.8) is 0 Å². The number of carbonyl (C=O) groups is 2. The molecule has 0 unspecified atom stereocenters. The van der Waals surface area contributed by atoms with Crippen molar-refractivity contribution >= 4 is 17.5 Å². The molecule has 0 bridgehead atoms. The number of likely N-dealkylation sites (N-methyl/N-ethyl adjacent to an activating group) is 2. The lowest BCUT2D eigenvalue weighted by molar-refractivity contribution is -0.133. The van der Waals surface area contributed by atoms with Crippen LogP contribution < -0.4 is 5.73 Å². The molecule has 0 aliphatic heterocycles. The number of nitrogens with zero attached hydrogens (tertiary/aromatic N) is 2. The number of nitrogens with two attached hydrogens (primary N) is 1. The highest BCUT2D eigenvalue weighted by atomic mass is 16.2. The lowest BCUT2D eigenvalue weighted by Crippen LogP contribution is -2.44. The largest absolute Gasteiger partial charge is 0.397 e. The van der Waals surface area contributed by atoms with Crippen molar-refractivity contribution in [3.8, 4) is 0 Å². The predicted octanol–water partition coefficient (Wildman–Crippen LogP) is 1.46. The minimum Gasteiger partial charge on any atom is -0.397 e. The quantitative estimate of drug-likeness (QED) is 0.881. The highest BCUT2D eigenvalue weighted by molar-refractivity contribution is 5.95. The monoisotopic (exact) mass is 292 g/mol. The maximum absolute atomic E-state index is 12.3. The molecule has 0 saturated heterocycles. The molecule has 21 heavy (non-hydrogen) atoms. The number of rotatable bonds is 4. The van der Waals surface area contributed by atoms with E-state index in [1.54, 1.807) is 24.2 Å². The minimum absolute atomic E-state index is 0.0164. The standard InChI is InChI=1S/C15H24N4O2/c1-18(15(21)13-8-11(16)9-17-13)10-14(20)19(2)12-6-4-3-5-7-12/h8-9,12,17H,3-7,10,16H2,1-2H3. The van der Waals surface area contributed by atoms with Crippen LogP contribution in [-0.2, 0) is 4.79 Å². The summed E-state index contributed by atoms with van der Waals surface area (Å²) in [5.41, 5.74) is 6.50. The molecular formula is C15H24N4O2. The number of carbonyl (C=O) groups excluding carboxylic acids is 2. The van der Waals surface area contributed by atoms with Gasteiger partial charge in [-0.25, -0.2) is 0 Å². The van der Waals surface area contributed by atoms with Crippen molar-refractivity contribution in [3.05, 3.63) is 18.0 Å². The average Bonchev–Trinajstić information content (AvgIpc) is 2.93. The summed E-state index contributed by atoms with van der Waals surface area (Å²) in [6.07, 6.45) is 7.31. The van der Waals surface area contributed by atoms with Crippen molar-refractivity contribution in [2.75, 3.05) is 26.4 Å². The molecular weight excluding hydrogens is 268 g/mol. The van der Waals surface area contributed by atoms with E-state index in [4.69, 9.17) is 5.73 Å². The Bertz CT molecular complexity index is 506. The molecule has 1 aromatic rings. The van der Waals surface area contributed by atoms with Crippen LogP contribution in [0.3, 0.4) is 0 Å². The van der Waals surface area contributed by atoms with Gasteiger partial charge in [0.15, 0.2) is 0 Å². The fourth-order valence-corrected chi connectivity index (χ4v) is 2.80. The third-order valence-electron chi connectivity index (χ3n) is 4.17. The Morgan fingerprint density at radius 2 is 1.95 bits per heavy atom. The van der Waals surface area contributed by atoms with Crippen LogP contribution in [0.25, 0.3) is 0 Å². The zero-order valence-corrected chi connectivity index (χ0v) is 12.8. The van der Waals surface area contributed by atoms with E-state index in [9.17, 15) is 9.59 Å². The summed E-state index contributed by atoms with van der Waals surface area (Å²) in [4.78, 5) is 30.5. The molecule has 116 valence electrons. The summed E-state index contributed by atoms with van der Waals surface area (Å²) in [6.45, 7) is 0.0881. The van der Waals surface area contributed by atoms with Crippen LogP contribution in [0, 0.1) is 0 Å². The first-order valence-corrected chi connectivity index (χ1v) is 7.44. The van der Waals surface area contributed by atoms with E-state index < -0.39 is 0 Å². The maximum Gasteiger partial charge on any atom is 0.270 e. The molecule has 6 nitrogen and oxygen atoms in total. The third-order valence-corrected chi connectivity index (χ3v) is 4.17. The van der Waals surface area contributed by atoms with Gasteiger partial charge < -0.3 is 20.5 Å². The van der Waals surface area contributed by atoms with Crippen molar-refractivity contribution in [2.24, 2.45) is 0 Å². The molecule has 0 aromatic carbocycles. The smallest absolute Gasteiger partial charge is 0.270 e. The number of aromatic nitrogens is 1. The van der Waals surface area contributed by atoms with Gasteiger partial charge in [-0.1, -0.05) is 19.3 Å². The summed E-state index contributed by atoms with van der Waals surface area (Å²) >= 11 is 0. The summed E-state index contributed by atoms with van der Waals surface area (Å²) in [6, 6.07) is 1.89. The summed E-state index contributed by atoms with van der Waals surface area (Å²) < 4.78 is 0. The van der Waals surface area contributed by atoms with E-state index in [2.05, 4.69) is 4.98 Å². The van der Waals surface area contributed by atoms with Gasteiger partial charge in [0.2, 0.25) is 5.91 Å². The van der Waals surface area contributed by atoms with Crippen molar-refractivity contribution < 1.29 is 9.59 Å². The topological polar surface area (TPSA) is 82.4 Å². The Hall–Kier alpha value is -1.98. The summed E-state index contributed by atoms with van der Waals surface area (Å²) in [5.74, 6) is -0.241. The van der Waals surface area contributed by atoms with Gasteiger partial charge in [0, 0.05) is 32.0 Å². The Balaban J connectivity index is 1.90. The van der Waals surface area contributed by atoms with E-state index in [1.807, 2.05) is 7.05 Å². The number of hydrogen-bond donors (Lipinski definition) is 2. The lowest BCUT2D eigenvalue weighted by Gasteiger charge is -2.32. The molecule has 2 amide bonds. The molecule has 1 aromatic heterocycles. The van der Waals surface area contributed by atoms with Crippen molar-refractivity contribution in [1.82, 2.24) is 14.8 Å². The van der Waals surface area contributed by atoms with Crippen LogP contribution in [0.2, 0.25) is 0 Å². The Labute approximate surface area is 125 Å². The van der Waals surface area contributed by atoms with Crippen LogP contribution in [0.5, 0.6) is 0 Å². The Kier molecular flexibility index (Phi) is 4.88. The normalized spacial score (nSPS) is 15.7. The number of H-pyrrole nitrogens is 1. The molecule has 0 radical (unpaired) electrons. The average molecular weight is 292 g/mol. The van der Waals surface area contributed by atoms with E-state index in [1.165, 1.54) is 24.2 Å². The summed E-state index contributed by atoms with van der Waals surface area (Å²) in [5, 5.41) is 0. The van der Waals surface area contributed by atoms with Crippen LogP contribution in [0.1, 0.15) is 42.6 Å². The van der Waals surface area contributed by atoms with Crippen LogP contribution in [0.4, 0.5) is 5.69 Å². The number of amides is 2. The van der Waals surface area contributed by atoms with Gasteiger partial charge in [0.25, 0.3) is 5.91 Å². The van der Waals surface area contributed by atoms with Crippen molar-refractivity contribution in [2.45, 2.75) is 38.1 Å². The highest BCUT2D eigenvalue weighted by Crippen LogP contribution is 2.21.